The number of ether oxygens (including phenoxy) is 3. The highest BCUT2D eigenvalue weighted by atomic mass is 16.6. The minimum Gasteiger partial charge on any atom is -0.462 e. The lowest BCUT2D eigenvalue weighted by molar-refractivity contribution is -0.167. The van der Waals surface area contributed by atoms with Gasteiger partial charge in [-0.2, -0.15) is 0 Å². The zero-order valence-electron chi connectivity index (χ0n) is 43.6. The second-order valence-electron chi connectivity index (χ2n) is 18.1. The standard InChI is InChI=1S/C61H102O6/c1-4-7-10-13-16-19-22-25-28-30-33-36-39-42-45-48-51-54-60(63)66-57-58(56-65-59(62)53-50-47-44-41-38-35-32-27-24-21-18-15-12-9-6-3)67-61(64)55-52-49-46-43-40-37-34-31-29-26-23-20-17-14-11-8-5-2/h7,10,16-17,19-21,24-26,28-29,33,36,42,45,58H,4-6,8-9,11-15,18,22-23,27,30-32,34-35,37-41,43-44,46-57H2,1-3H3/b10-7-,19-16-,20-17-,24-21-,28-25-,29-26-,36-33-,45-42-. The number of carbonyl (C=O) groups is 3. The molecule has 0 aromatic carbocycles. The molecule has 0 aliphatic carbocycles. The van der Waals surface area contributed by atoms with E-state index in [4.69, 9.17) is 14.2 Å². The highest BCUT2D eigenvalue weighted by molar-refractivity contribution is 5.71. The first-order chi connectivity index (χ1) is 33.0. The molecule has 6 heteroatoms. The molecule has 1 atom stereocenters. The summed E-state index contributed by atoms with van der Waals surface area (Å²) in [7, 11) is 0. The topological polar surface area (TPSA) is 78.9 Å². The van der Waals surface area contributed by atoms with Gasteiger partial charge in [0.1, 0.15) is 13.2 Å². The van der Waals surface area contributed by atoms with Crippen molar-refractivity contribution in [3.05, 3.63) is 97.2 Å². The zero-order chi connectivity index (χ0) is 48.6. The van der Waals surface area contributed by atoms with E-state index in [1.807, 2.05) is 0 Å². The summed E-state index contributed by atoms with van der Waals surface area (Å²) < 4.78 is 16.8. The predicted molar refractivity (Wildman–Crippen MR) is 288 cm³/mol. The molecule has 1 unspecified atom stereocenters. The third kappa shape index (κ3) is 53.2. The maximum absolute atomic E-state index is 12.8. The molecule has 0 saturated heterocycles. The Morgan fingerprint density at radius 1 is 0.313 bits per heavy atom. The highest BCUT2D eigenvalue weighted by Gasteiger charge is 2.19. The average Bonchev–Trinajstić information content (AvgIpc) is 3.33. The van der Waals surface area contributed by atoms with E-state index in [2.05, 4.69) is 118 Å². The van der Waals surface area contributed by atoms with Crippen molar-refractivity contribution in [2.75, 3.05) is 13.2 Å². The number of unbranched alkanes of at least 4 members (excludes halogenated alkanes) is 22. The second kappa shape index (κ2) is 54.9. The molecule has 382 valence electrons. The predicted octanol–water partition coefficient (Wildman–Crippen LogP) is 18.5. The molecule has 0 bridgehead atoms. The fourth-order valence-electron chi connectivity index (χ4n) is 7.38. The lowest BCUT2D eigenvalue weighted by atomic mass is 10.1. The minimum atomic E-state index is -0.807. The lowest BCUT2D eigenvalue weighted by Crippen LogP contribution is -2.30. The second-order valence-corrected chi connectivity index (χ2v) is 18.1. The van der Waals surface area contributed by atoms with Crippen LogP contribution in [0.5, 0.6) is 0 Å². The van der Waals surface area contributed by atoms with Gasteiger partial charge in [0, 0.05) is 19.3 Å². The van der Waals surface area contributed by atoms with Crippen LogP contribution >= 0.6 is 0 Å². The van der Waals surface area contributed by atoms with Crippen LogP contribution in [0, 0.1) is 0 Å². The molecular formula is C61H102O6. The largest absolute Gasteiger partial charge is 0.462 e. The fourth-order valence-corrected chi connectivity index (χ4v) is 7.38. The van der Waals surface area contributed by atoms with Crippen LogP contribution in [0.15, 0.2) is 97.2 Å². The van der Waals surface area contributed by atoms with Crippen LogP contribution in [-0.2, 0) is 28.6 Å². The third-order valence-corrected chi connectivity index (χ3v) is 11.5. The van der Waals surface area contributed by atoms with Crippen molar-refractivity contribution in [2.45, 2.75) is 258 Å². The maximum atomic E-state index is 12.8. The van der Waals surface area contributed by atoms with Crippen molar-refractivity contribution >= 4 is 17.9 Å². The summed E-state index contributed by atoms with van der Waals surface area (Å²) in [6.45, 7) is 6.43. The van der Waals surface area contributed by atoms with E-state index < -0.39 is 6.10 Å². The summed E-state index contributed by atoms with van der Waals surface area (Å²) in [6, 6.07) is 0. The molecule has 0 radical (unpaired) electrons. The summed E-state index contributed by atoms with van der Waals surface area (Å²) >= 11 is 0. The fraction of sp³-hybridized carbons (Fsp3) is 0.689. The molecule has 0 saturated carbocycles. The molecule has 0 N–H and O–H groups in total. The van der Waals surface area contributed by atoms with Crippen molar-refractivity contribution in [1.82, 2.24) is 0 Å². The molecule has 0 fully saturated rings. The van der Waals surface area contributed by atoms with Crippen LogP contribution in [0.25, 0.3) is 0 Å². The molecule has 0 spiro atoms. The first-order valence-electron chi connectivity index (χ1n) is 27.7. The Bertz CT molecular complexity index is 1350. The van der Waals surface area contributed by atoms with Gasteiger partial charge in [0.15, 0.2) is 6.10 Å². The Balaban J connectivity index is 4.50. The normalized spacial score (nSPS) is 12.8. The monoisotopic (exact) mass is 931 g/mol. The van der Waals surface area contributed by atoms with E-state index in [1.165, 1.54) is 116 Å². The first-order valence-corrected chi connectivity index (χ1v) is 27.7. The van der Waals surface area contributed by atoms with Crippen molar-refractivity contribution in [2.24, 2.45) is 0 Å². The first kappa shape index (κ1) is 63.3. The van der Waals surface area contributed by atoms with E-state index in [0.29, 0.717) is 19.3 Å². The Morgan fingerprint density at radius 2 is 0.597 bits per heavy atom. The summed E-state index contributed by atoms with van der Waals surface area (Å²) in [5.74, 6) is -0.973. The molecular weight excluding hydrogens is 829 g/mol. The van der Waals surface area contributed by atoms with Crippen LogP contribution in [0.1, 0.15) is 252 Å². The average molecular weight is 931 g/mol. The van der Waals surface area contributed by atoms with E-state index in [9.17, 15) is 14.4 Å². The SMILES string of the molecule is CC/C=C\C/C=C\C/C=C\C/C=C\C/C=C\CCCC(=O)OCC(COC(=O)CCCCCCCCC/C=C\CCCCCC)OC(=O)CCCCCCCCC/C=C\C/C=C\CCCCC. The van der Waals surface area contributed by atoms with Crippen LogP contribution in [0.2, 0.25) is 0 Å². The van der Waals surface area contributed by atoms with Gasteiger partial charge in [-0.25, -0.2) is 0 Å². The molecule has 6 nitrogen and oxygen atoms in total. The van der Waals surface area contributed by atoms with Gasteiger partial charge in [0.25, 0.3) is 0 Å². The number of allylic oxidation sites excluding steroid dienone is 16. The lowest BCUT2D eigenvalue weighted by Gasteiger charge is -2.18. The van der Waals surface area contributed by atoms with Gasteiger partial charge < -0.3 is 14.2 Å². The molecule has 0 rings (SSSR count). The molecule has 0 amide bonds. The molecule has 0 aliphatic rings. The van der Waals surface area contributed by atoms with E-state index >= 15 is 0 Å². The Hall–Kier alpha value is -3.67. The summed E-state index contributed by atoms with van der Waals surface area (Å²) in [5.41, 5.74) is 0. The minimum absolute atomic E-state index is 0.101. The van der Waals surface area contributed by atoms with Crippen LogP contribution < -0.4 is 0 Å². The van der Waals surface area contributed by atoms with Gasteiger partial charge in [-0.3, -0.25) is 14.4 Å². The number of carbonyl (C=O) groups excluding carboxylic acids is 3. The Labute approximate surface area is 413 Å². The Morgan fingerprint density at radius 3 is 1.01 bits per heavy atom. The quantitative estimate of drug-likeness (QED) is 0.0262. The van der Waals surface area contributed by atoms with Gasteiger partial charge in [0.2, 0.25) is 0 Å². The maximum Gasteiger partial charge on any atom is 0.306 e. The number of rotatable bonds is 49. The van der Waals surface area contributed by atoms with Crippen molar-refractivity contribution in [3.8, 4) is 0 Å². The summed E-state index contributed by atoms with van der Waals surface area (Å²) in [6.07, 6.45) is 72.5. The molecule has 67 heavy (non-hydrogen) atoms. The van der Waals surface area contributed by atoms with E-state index in [-0.39, 0.29) is 37.5 Å². The van der Waals surface area contributed by atoms with Crippen molar-refractivity contribution < 1.29 is 28.6 Å². The number of esters is 3. The zero-order valence-corrected chi connectivity index (χ0v) is 43.6. The van der Waals surface area contributed by atoms with Crippen LogP contribution in [0.3, 0.4) is 0 Å². The van der Waals surface area contributed by atoms with Crippen molar-refractivity contribution in [1.29, 1.82) is 0 Å². The third-order valence-electron chi connectivity index (χ3n) is 11.5. The van der Waals surface area contributed by atoms with Crippen LogP contribution in [0.4, 0.5) is 0 Å². The molecule has 0 aromatic rings. The van der Waals surface area contributed by atoms with Gasteiger partial charge in [-0.05, 0) is 116 Å². The van der Waals surface area contributed by atoms with Gasteiger partial charge in [0.05, 0.1) is 0 Å². The smallest absolute Gasteiger partial charge is 0.306 e. The van der Waals surface area contributed by atoms with E-state index in [0.717, 1.165) is 89.9 Å². The van der Waals surface area contributed by atoms with Gasteiger partial charge >= 0.3 is 17.9 Å². The van der Waals surface area contributed by atoms with E-state index in [1.54, 1.807) is 0 Å². The summed E-state index contributed by atoms with van der Waals surface area (Å²) in [5, 5.41) is 0. The van der Waals surface area contributed by atoms with Crippen LogP contribution in [-0.4, -0.2) is 37.2 Å². The number of hydrogen-bond acceptors (Lipinski definition) is 6. The van der Waals surface area contributed by atoms with Crippen molar-refractivity contribution in [3.63, 3.8) is 0 Å². The summed E-state index contributed by atoms with van der Waals surface area (Å²) in [4.78, 5) is 38.1. The Kier molecular flexibility index (Phi) is 51.9. The van der Waals surface area contributed by atoms with Gasteiger partial charge in [-0.1, -0.05) is 214 Å². The number of hydrogen-bond donors (Lipinski definition) is 0. The molecule has 0 aliphatic heterocycles. The highest BCUT2D eigenvalue weighted by Crippen LogP contribution is 2.14. The van der Waals surface area contributed by atoms with Gasteiger partial charge in [-0.15, -0.1) is 0 Å². The molecule has 0 aromatic heterocycles. The molecule has 0 heterocycles.